The van der Waals surface area contributed by atoms with Crippen LogP contribution in [-0.4, -0.2) is 26.4 Å². The molecule has 1 aromatic heterocycles. The molecule has 0 bridgehead atoms. The number of benzene rings is 3. The highest BCUT2D eigenvalue weighted by Gasteiger charge is 2.16. The first-order valence-electron chi connectivity index (χ1n) is 10.4. The van der Waals surface area contributed by atoms with Gasteiger partial charge >= 0.3 is 0 Å². The molecule has 168 valence electrons. The van der Waals surface area contributed by atoms with E-state index in [0.29, 0.717) is 28.3 Å². The van der Waals surface area contributed by atoms with Gasteiger partial charge in [-0.3, -0.25) is 9.36 Å². The molecule has 0 aliphatic carbocycles. The number of nitrogens with one attached hydrogen (secondary N) is 1. The number of para-hydroxylation sites is 1. The number of hydrogen-bond donors (Lipinski definition) is 1. The van der Waals surface area contributed by atoms with Crippen LogP contribution in [0.15, 0.2) is 84.0 Å². The lowest BCUT2D eigenvalue weighted by molar-refractivity contribution is -0.113. The van der Waals surface area contributed by atoms with Crippen molar-refractivity contribution >= 4 is 35.0 Å². The number of anilines is 1. The van der Waals surface area contributed by atoms with Gasteiger partial charge in [0.15, 0.2) is 11.0 Å². The highest BCUT2D eigenvalue weighted by atomic mass is 35.5. The van der Waals surface area contributed by atoms with E-state index in [9.17, 15) is 4.79 Å². The lowest BCUT2D eigenvalue weighted by atomic mass is 10.2. The van der Waals surface area contributed by atoms with Gasteiger partial charge < -0.3 is 10.1 Å². The van der Waals surface area contributed by atoms with Gasteiger partial charge in [-0.1, -0.05) is 71.9 Å². The van der Waals surface area contributed by atoms with Crippen LogP contribution >= 0.6 is 23.4 Å². The van der Waals surface area contributed by atoms with Gasteiger partial charge in [0.05, 0.1) is 12.3 Å². The maximum absolute atomic E-state index is 12.5. The molecule has 0 aliphatic rings. The van der Waals surface area contributed by atoms with E-state index in [1.54, 1.807) is 12.1 Å². The highest BCUT2D eigenvalue weighted by Crippen LogP contribution is 2.22. The second kappa shape index (κ2) is 11.0. The Balaban J connectivity index is 1.47. The van der Waals surface area contributed by atoms with Crippen LogP contribution in [0.5, 0.6) is 5.75 Å². The number of hydrogen-bond acceptors (Lipinski definition) is 5. The topological polar surface area (TPSA) is 69.0 Å². The van der Waals surface area contributed by atoms with Crippen LogP contribution in [0.25, 0.3) is 0 Å². The predicted molar refractivity (Wildman–Crippen MR) is 132 cm³/mol. The van der Waals surface area contributed by atoms with Gasteiger partial charge in [0, 0.05) is 10.7 Å². The van der Waals surface area contributed by atoms with Crippen LogP contribution < -0.4 is 10.1 Å². The summed E-state index contributed by atoms with van der Waals surface area (Å²) < 4.78 is 7.87. The van der Waals surface area contributed by atoms with Crippen molar-refractivity contribution in [3.8, 4) is 5.75 Å². The summed E-state index contributed by atoms with van der Waals surface area (Å²) in [7, 11) is 0. The van der Waals surface area contributed by atoms with E-state index in [-0.39, 0.29) is 18.3 Å². The average Bonchev–Trinajstić information content (AvgIpc) is 3.21. The maximum atomic E-state index is 12.5. The van der Waals surface area contributed by atoms with Crippen molar-refractivity contribution in [3.63, 3.8) is 0 Å². The second-order valence-corrected chi connectivity index (χ2v) is 8.74. The number of carbonyl (C=O) groups is 1. The van der Waals surface area contributed by atoms with Gasteiger partial charge in [0.1, 0.15) is 12.4 Å². The van der Waals surface area contributed by atoms with Crippen molar-refractivity contribution < 1.29 is 9.53 Å². The zero-order valence-electron chi connectivity index (χ0n) is 18.1. The smallest absolute Gasteiger partial charge is 0.234 e. The van der Waals surface area contributed by atoms with E-state index in [0.717, 1.165) is 16.8 Å². The van der Waals surface area contributed by atoms with Gasteiger partial charge in [0.25, 0.3) is 0 Å². The molecule has 0 saturated heterocycles. The summed E-state index contributed by atoms with van der Waals surface area (Å²) in [5.41, 5.74) is 2.94. The zero-order chi connectivity index (χ0) is 23.0. The number of aryl methyl sites for hydroxylation is 1. The van der Waals surface area contributed by atoms with Crippen LogP contribution in [0.4, 0.5) is 5.69 Å². The molecule has 0 aliphatic heterocycles. The number of carbonyl (C=O) groups excluding carboxylic acids is 1. The van der Waals surface area contributed by atoms with Gasteiger partial charge in [-0.15, -0.1) is 10.2 Å². The third-order valence-electron chi connectivity index (χ3n) is 4.91. The molecule has 0 atom stereocenters. The highest BCUT2D eigenvalue weighted by molar-refractivity contribution is 7.99. The van der Waals surface area contributed by atoms with E-state index in [2.05, 4.69) is 15.5 Å². The Hall–Kier alpha value is -3.29. The first kappa shape index (κ1) is 22.9. The van der Waals surface area contributed by atoms with Crippen molar-refractivity contribution in [2.45, 2.75) is 25.2 Å². The first-order valence-corrected chi connectivity index (χ1v) is 11.8. The Bertz CT molecular complexity index is 1210. The molecule has 0 saturated carbocycles. The number of ether oxygens (including phenoxy) is 1. The zero-order valence-corrected chi connectivity index (χ0v) is 19.6. The predicted octanol–water partition coefficient (Wildman–Crippen LogP) is 5.60. The van der Waals surface area contributed by atoms with Crippen molar-refractivity contribution in [2.75, 3.05) is 11.1 Å². The maximum Gasteiger partial charge on any atom is 0.234 e. The van der Waals surface area contributed by atoms with Crippen LogP contribution in [-0.2, 0) is 17.9 Å². The molecule has 0 fully saturated rings. The number of nitrogens with zero attached hydrogens (tertiary/aromatic N) is 3. The molecule has 1 heterocycles. The largest absolute Gasteiger partial charge is 0.486 e. The molecular weight excluding hydrogens is 456 g/mol. The molecule has 8 heteroatoms. The van der Waals surface area contributed by atoms with Gasteiger partial charge in [0.2, 0.25) is 5.91 Å². The third-order valence-corrected chi connectivity index (χ3v) is 6.13. The molecule has 0 spiro atoms. The molecular formula is C25H23ClN4O2S. The molecule has 1 N–H and O–H groups in total. The SMILES string of the molecule is Cc1ccccc1NC(=O)CSc1nnc(COc2ccc(Cl)cc2)n1Cc1ccccc1. The Morgan fingerprint density at radius 2 is 1.73 bits per heavy atom. The molecule has 0 unspecified atom stereocenters. The van der Waals surface area contributed by atoms with Crippen molar-refractivity contribution in [3.05, 3.63) is 101 Å². The summed E-state index contributed by atoms with van der Waals surface area (Å²) in [6.45, 7) is 2.79. The molecule has 6 nitrogen and oxygen atoms in total. The van der Waals surface area contributed by atoms with Gasteiger partial charge in [-0.25, -0.2) is 0 Å². The normalized spacial score (nSPS) is 10.7. The monoisotopic (exact) mass is 478 g/mol. The van der Waals surface area contributed by atoms with Crippen LogP contribution in [0, 0.1) is 6.92 Å². The van der Waals surface area contributed by atoms with E-state index in [4.69, 9.17) is 16.3 Å². The summed E-state index contributed by atoms with van der Waals surface area (Å²) in [4.78, 5) is 12.5. The van der Waals surface area contributed by atoms with E-state index >= 15 is 0 Å². The van der Waals surface area contributed by atoms with Crippen molar-refractivity contribution in [2.24, 2.45) is 0 Å². The minimum atomic E-state index is -0.0949. The molecule has 33 heavy (non-hydrogen) atoms. The number of halogens is 1. The molecule has 4 rings (SSSR count). The number of amides is 1. The standard InChI is InChI=1S/C25H23ClN4O2S/c1-18-7-5-6-10-22(18)27-24(31)17-33-25-29-28-23(16-32-21-13-11-20(26)12-14-21)30(25)15-19-8-3-2-4-9-19/h2-14H,15-17H2,1H3,(H,27,31). The lowest BCUT2D eigenvalue weighted by Crippen LogP contribution is -2.16. The second-order valence-electron chi connectivity index (χ2n) is 7.36. The third kappa shape index (κ3) is 6.37. The fourth-order valence-corrected chi connectivity index (χ4v) is 4.05. The summed E-state index contributed by atoms with van der Waals surface area (Å²) in [6, 6.07) is 24.9. The van der Waals surface area contributed by atoms with Gasteiger partial charge in [-0.2, -0.15) is 0 Å². The van der Waals surface area contributed by atoms with E-state index in [1.165, 1.54) is 11.8 Å². The molecule has 3 aromatic carbocycles. The Kier molecular flexibility index (Phi) is 7.65. The Morgan fingerprint density at radius 1 is 1.00 bits per heavy atom. The Morgan fingerprint density at radius 3 is 2.48 bits per heavy atom. The van der Waals surface area contributed by atoms with Crippen LogP contribution in [0.3, 0.4) is 0 Å². The molecule has 1 amide bonds. The minimum Gasteiger partial charge on any atom is -0.486 e. The quantitative estimate of drug-likeness (QED) is 0.317. The van der Waals surface area contributed by atoms with Crippen molar-refractivity contribution in [1.29, 1.82) is 0 Å². The van der Waals surface area contributed by atoms with Crippen molar-refractivity contribution in [1.82, 2.24) is 14.8 Å². The Labute approximate surface area is 202 Å². The number of aromatic nitrogens is 3. The number of thioether (sulfide) groups is 1. The summed E-state index contributed by atoms with van der Waals surface area (Å²) in [6.07, 6.45) is 0. The fourth-order valence-electron chi connectivity index (χ4n) is 3.17. The summed E-state index contributed by atoms with van der Waals surface area (Å²) in [5, 5.41) is 12.9. The molecule has 4 aromatic rings. The van der Waals surface area contributed by atoms with Gasteiger partial charge in [-0.05, 0) is 48.4 Å². The minimum absolute atomic E-state index is 0.0949. The molecule has 0 radical (unpaired) electrons. The van der Waals surface area contributed by atoms with Crippen LogP contribution in [0.2, 0.25) is 5.02 Å². The summed E-state index contributed by atoms with van der Waals surface area (Å²) in [5.74, 6) is 1.50. The van der Waals surface area contributed by atoms with E-state index in [1.807, 2.05) is 78.2 Å². The first-order chi connectivity index (χ1) is 16.1. The fraction of sp³-hybridized carbons (Fsp3) is 0.160. The lowest BCUT2D eigenvalue weighted by Gasteiger charge is -2.12. The van der Waals surface area contributed by atoms with Crippen LogP contribution in [0.1, 0.15) is 17.0 Å². The average molecular weight is 479 g/mol. The summed E-state index contributed by atoms with van der Waals surface area (Å²) >= 11 is 7.30. The van der Waals surface area contributed by atoms with E-state index < -0.39 is 0 Å². The number of rotatable bonds is 9.